The molecule has 47 heavy (non-hydrogen) atoms. The third kappa shape index (κ3) is 6.52. The molecule has 4 aromatic heterocycles. The van der Waals surface area contributed by atoms with Gasteiger partial charge in [-0.2, -0.15) is 5.10 Å². The maximum absolute atomic E-state index is 13.8. The summed E-state index contributed by atoms with van der Waals surface area (Å²) < 4.78 is 35.6. The number of aromatic nitrogens is 8. The van der Waals surface area contributed by atoms with Gasteiger partial charge in [0.1, 0.15) is 11.5 Å². The fourth-order valence-electron chi connectivity index (χ4n) is 5.35. The van der Waals surface area contributed by atoms with Crippen molar-refractivity contribution in [3.8, 4) is 22.6 Å². The summed E-state index contributed by atoms with van der Waals surface area (Å²) in [7, 11) is 0. The summed E-state index contributed by atoms with van der Waals surface area (Å²) in [5.74, 6) is -0.990. The predicted octanol–water partition coefficient (Wildman–Crippen LogP) is 5.19. The molecule has 0 saturated carbocycles. The molecule has 0 radical (unpaired) electrons. The molecule has 1 N–H and O–H groups in total. The summed E-state index contributed by atoms with van der Waals surface area (Å²) in [6.45, 7) is 3.64. The number of hydrogen-bond acceptors (Lipinski definition) is 9. The monoisotopic (exact) mass is 663 g/mol. The van der Waals surface area contributed by atoms with Gasteiger partial charge in [0.25, 0.3) is 12.0 Å². The van der Waals surface area contributed by atoms with Crippen LogP contribution in [-0.4, -0.2) is 57.8 Å². The Hall–Kier alpha value is -5.31. The summed E-state index contributed by atoms with van der Waals surface area (Å²) in [6.07, 6.45) is 2.77. The van der Waals surface area contributed by atoms with E-state index in [9.17, 15) is 23.2 Å². The van der Waals surface area contributed by atoms with E-state index < -0.39 is 35.6 Å². The first-order valence-electron chi connectivity index (χ1n) is 14.8. The van der Waals surface area contributed by atoms with Crippen molar-refractivity contribution in [2.75, 3.05) is 11.9 Å². The summed E-state index contributed by atoms with van der Waals surface area (Å²) in [4.78, 5) is 48.5. The number of carbonyl (C=O) groups is 2. The molecule has 0 unspecified atom stereocenters. The molecule has 13 nitrogen and oxygen atoms in total. The molecule has 0 spiro atoms. The molecule has 1 aromatic carbocycles. The highest BCUT2D eigenvalue weighted by molar-refractivity contribution is 6.31. The Morgan fingerprint density at radius 1 is 1.13 bits per heavy atom. The molecule has 242 valence electrons. The zero-order valence-electron chi connectivity index (χ0n) is 25.2. The fraction of sp³-hybridized carbons (Fsp3) is 0.290. The Labute approximate surface area is 271 Å². The van der Waals surface area contributed by atoms with Crippen molar-refractivity contribution in [1.82, 2.24) is 39.3 Å². The van der Waals surface area contributed by atoms with Crippen LogP contribution in [0, 0.1) is 5.92 Å². The number of halogens is 3. The number of benzene rings is 1. The molecule has 2 atom stereocenters. The molecule has 5 aromatic rings. The van der Waals surface area contributed by atoms with Crippen LogP contribution in [-0.2, 0) is 9.53 Å². The molecule has 1 aliphatic rings. The smallest absolute Gasteiger partial charge is 0.358 e. The van der Waals surface area contributed by atoms with Gasteiger partial charge in [0.15, 0.2) is 5.69 Å². The van der Waals surface area contributed by atoms with Crippen LogP contribution in [0.5, 0.6) is 0 Å². The predicted molar refractivity (Wildman–Crippen MR) is 166 cm³/mol. The van der Waals surface area contributed by atoms with Gasteiger partial charge < -0.3 is 10.1 Å². The largest absolute Gasteiger partial charge is 0.461 e. The molecule has 6 rings (SSSR count). The molecular weight excluding hydrogens is 636 g/mol. The lowest BCUT2D eigenvalue weighted by Crippen LogP contribution is -2.27. The van der Waals surface area contributed by atoms with Crippen molar-refractivity contribution in [3.63, 3.8) is 0 Å². The van der Waals surface area contributed by atoms with Gasteiger partial charge in [-0.15, -0.1) is 5.10 Å². The minimum atomic E-state index is -2.81. The molecule has 5 heterocycles. The molecule has 1 amide bonds. The van der Waals surface area contributed by atoms with E-state index in [4.69, 9.17) is 16.3 Å². The quantitative estimate of drug-likeness (QED) is 0.242. The number of anilines is 1. The molecule has 0 fully saturated rings. The van der Waals surface area contributed by atoms with Gasteiger partial charge >= 0.3 is 5.97 Å². The molecular formula is C31H28ClF2N9O4. The number of pyridine rings is 1. The Balaban J connectivity index is 1.41. The Kier molecular flexibility index (Phi) is 8.89. The van der Waals surface area contributed by atoms with Gasteiger partial charge in [-0.05, 0) is 50.1 Å². The standard InChI is InChI=1S/C31H28ClF2N9O4/c1-3-47-31(46)23-13-27-37-30(45)17(2)5-4-6-26(22-12-19(9-10-35-22)43(27)39-23)41-16-36-21(14-28(41)44)20-11-18(32)7-8-25(20)42-15-24(29(33)34)38-40-42/h7-17,26,29H,3-6H2,1-2H3,(H,37,45)/t17-,26+/m1/s1. The van der Waals surface area contributed by atoms with E-state index in [0.29, 0.717) is 46.9 Å². The second-order valence-corrected chi connectivity index (χ2v) is 11.3. The number of esters is 1. The lowest BCUT2D eigenvalue weighted by atomic mass is 9.98. The highest BCUT2D eigenvalue weighted by Crippen LogP contribution is 2.31. The SMILES string of the molecule is CCOC(=O)c1cc2n(n1)-c1ccnc(c1)[C@@H](n1cnc(-c3cc(Cl)ccc3-n3cc(C(F)F)nn3)cc1=O)CCC[C@@H](C)C(=O)N2. The summed E-state index contributed by atoms with van der Waals surface area (Å²) >= 11 is 6.27. The topological polar surface area (TPSA) is 152 Å². The van der Waals surface area contributed by atoms with Gasteiger partial charge in [0, 0.05) is 34.8 Å². The van der Waals surface area contributed by atoms with Crippen LogP contribution >= 0.6 is 11.6 Å². The Morgan fingerprint density at radius 3 is 2.70 bits per heavy atom. The number of rotatable bonds is 6. The minimum Gasteiger partial charge on any atom is -0.461 e. The number of ether oxygens (including phenoxy) is 1. The number of hydrogen-bond donors (Lipinski definition) is 1. The number of alkyl halides is 2. The van der Waals surface area contributed by atoms with Gasteiger partial charge in [-0.25, -0.2) is 27.9 Å². The van der Waals surface area contributed by atoms with Crippen molar-refractivity contribution >= 4 is 29.3 Å². The van der Waals surface area contributed by atoms with E-state index >= 15 is 0 Å². The molecule has 0 aliphatic carbocycles. The van der Waals surface area contributed by atoms with Crippen molar-refractivity contribution in [3.05, 3.63) is 93.6 Å². The second kappa shape index (κ2) is 13.2. The van der Waals surface area contributed by atoms with Crippen molar-refractivity contribution < 1.29 is 23.1 Å². The molecule has 1 aliphatic heterocycles. The second-order valence-electron chi connectivity index (χ2n) is 10.9. The van der Waals surface area contributed by atoms with Gasteiger partial charge in [0.2, 0.25) is 5.91 Å². The summed E-state index contributed by atoms with van der Waals surface area (Å²) in [5, 5.41) is 14.9. The summed E-state index contributed by atoms with van der Waals surface area (Å²) in [6, 6.07) is 10.3. The van der Waals surface area contributed by atoms with Gasteiger partial charge in [-0.3, -0.25) is 19.1 Å². The first-order chi connectivity index (χ1) is 22.6. The third-order valence-electron chi connectivity index (χ3n) is 7.75. The van der Waals surface area contributed by atoms with Crippen LogP contribution < -0.4 is 10.9 Å². The lowest BCUT2D eigenvalue weighted by molar-refractivity contribution is -0.119. The normalized spacial score (nSPS) is 16.6. The van der Waals surface area contributed by atoms with Crippen LogP contribution in [0.3, 0.4) is 0 Å². The third-order valence-corrected chi connectivity index (χ3v) is 7.98. The number of fused-ring (bicyclic) bond motifs is 4. The number of nitrogens with one attached hydrogen (secondary N) is 1. The van der Waals surface area contributed by atoms with E-state index in [0.717, 1.165) is 6.20 Å². The van der Waals surface area contributed by atoms with Crippen LogP contribution in [0.25, 0.3) is 22.6 Å². The maximum atomic E-state index is 13.8. The number of amides is 1. The van der Waals surface area contributed by atoms with Gasteiger partial charge in [0.05, 0.1) is 47.9 Å². The zero-order valence-corrected chi connectivity index (χ0v) is 25.9. The van der Waals surface area contributed by atoms with Crippen molar-refractivity contribution in [1.29, 1.82) is 0 Å². The van der Waals surface area contributed by atoms with Gasteiger partial charge in [-0.1, -0.05) is 30.2 Å². The Morgan fingerprint density at radius 2 is 1.96 bits per heavy atom. The first kappa shape index (κ1) is 31.7. The van der Waals surface area contributed by atoms with E-state index in [2.05, 4.69) is 30.7 Å². The summed E-state index contributed by atoms with van der Waals surface area (Å²) in [5.41, 5.74) is 1.11. The fourth-order valence-corrected chi connectivity index (χ4v) is 5.52. The number of nitrogens with zero attached hydrogens (tertiary/aromatic N) is 8. The Bertz CT molecular complexity index is 2030. The van der Waals surface area contributed by atoms with Crippen LogP contribution in [0.15, 0.2) is 66.0 Å². The zero-order chi connectivity index (χ0) is 33.2. The van der Waals surface area contributed by atoms with Crippen molar-refractivity contribution in [2.24, 2.45) is 5.92 Å². The molecule has 0 saturated heterocycles. The highest BCUT2D eigenvalue weighted by atomic mass is 35.5. The maximum Gasteiger partial charge on any atom is 0.358 e. The molecule has 16 heteroatoms. The van der Waals surface area contributed by atoms with E-state index in [1.807, 2.05) is 0 Å². The van der Waals surface area contributed by atoms with E-state index in [-0.39, 0.29) is 29.7 Å². The minimum absolute atomic E-state index is 0.0207. The molecule has 2 bridgehead atoms. The average molecular weight is 664 g/mol. The average Bonchev–Trinajstić information content (AvgIpc) is 3.71. The lowest BCUT2D eigenvalue weighted by Gasteiger charge is -2.22. The van der Waals surface area contributed by atoms with E-state index in [1.165, 1.54) is 32.4 Å². The first-order valence-corrected chi connectivity index (χ1v) is 15.1. The van der Waals surface area contributed by atoms with Crippen LogP contribution in [0.1, 0.15) is 67.5 Å². The van der Waals surface area contributed by atoms with E-state index in [1.54, 1.807) is 50.4 Å². The van der Waals surface area contributed by atoms with Crippen molar-refractivity contribution in [2.45, 2.75) is 45.6 Å². The highest BCUT2D eigenvalue weighted by Gasteiger charge is 2.25. The van der Waals surface area contributed by atoms with Crippen LogP contribution in [0.2, 0.25) is 5.02 Å². The number of carbonyl (C=O) groups excluding carboxylic acids is 2. The van der Waals surface area contributed by atoms with Crippen LogP contribution in [0.4, 0.5) is 14.6 Å².